The molecule has 9 heavy (non-hydrogen) atoms. The highest BCUT2D eigenvalue weighted by molar-refractivity contribution is 5.85. The zero-order valence-corrected chi connectivity index (χ0v) is 6.11. The fourth-order valence-electron chi connectivity index (χ4n) is 1.00. The van der Waals surface area contributed by atoms with Gasteiger partial charge in [-0.1, -0.05) is 13.3 Å². The zero-order chi connectivity index (χ0) is 6.69. The fourth-order valence-corrected chi connectivity index (χ4v) is 1.00. The van der Waals surface area contributed by atoms with Gasteiger partial charge in [0.25, 0.3) is 0 Å². The summed E-state index contributed by atoms with van der Waals surface area (Å²) in [5.41, 5.74) is 1.01. The van der Waals surface area contributed by atoms with Gasteiger partial charge in [0.15, 0.2) is 0 Å². The summed E-state index contributed by atoms with van der Waals surface area (Å²) in [6.07, 6.45) is 6.09. The van der Waals surface area contributed by atoms with Crippen molar-refractivity contribution in [1.82, 2.24) is 0 Å². The van der Waals surface area contributed by atoms with Crippen molar-refractivity contribution >= 4 is 5.71 Å². The lowest BCUT2D eigenvalue weighted by molar-refractivity contribution is 0.816. The normalized spacial score (nSPS) is 17.9. The molecule has 1 fully saturated rings. The van der Waals surface area contributed by atoms with Gasteiger partial charge in [-0.2, -0.15) is 0 Å². The Morgan fingerprint density at radius 1 is 1.56 bits per heavy atom. The van der Waals surface area contributed by atoms with Gasteiger partial charge < -0.3 is 5.41 Å². The third kappa shape index (κ3) is 2.17. The van der Waals surface area contributed by atoms with Gasteiger partial charge in [0.1, 0.15) is 0 Å². The van der Waals surface area contributed by atoms with Gasteiger partial charge in [0, 0.05) is 5.71 Å². The standard InChI is InChI=1S/C8H15N/c1-2-3-4-8(9)7-5-6-7/h7,9H,2-6H2,1H3. The highest BCUT2D eigenvalue weighted by Crippen LogP contribution is 2.31. The first-order chi connectivity index (χ1) is 4.34. The zero-order valence-electron chi connectivity index (χ0n) is 6.11. The van der Waals surface area contributed by atoms with Gasteiger partial charge in [-0.15, -0.1) is 0 Å². The van der Waals surface area contributed by atoms with E-state index >= 15 is 0 Å². The molecule has 1 heteroatoms. The second kappa shape index (κ2) is 3.00. The Labute approximate surface area is 57.0 Å². The molecule has 1 aliphatic carbocycles. The molecule has 1 rings (SSSR count). The van der Waals surface area contributed by atoms with Crippen molar-refractivity contribution in [2.45, 2.75) is 39.0 Å². The Balaban J connectivity index is 2.03. The van der Waals surface area contributed by atoms with Gasteiger partial charge in [0.05, 0.1) is 0 Å². The van der Waals surface area contributed by atoms with Gasteiger partial charge >= 0.3 is 0 Å². The summed E-state index contributed by atoms with van der Waals surface area (Å²) in [7, 11) is 0. The predicted octanol–water partition coefficient (Wildman–Crippen LogP) is 2.61. The van der Waals surface area contributed by atoms with Gasteiger partial charge in [0.2, 0.25) is 0 Å². The molecule has 1 aliphatic rings. The monoisotopic (exact) mass is 125 g/mol. The Bertz CT molecular complexity index is 103. The highest BCUT2D eigenvalue weighted by atomic mass is 14.5. The van der Waals surface area contributed by atoms with Crippen LogP contribution in [0.1, 0.15) is 39.0 Å². The van der Waals surface area contributed by atoms with Crippen LogP contribution in [-0.2, 0) is 0 Å². The maximum atomic E-state index is 7.51. The van der Waals surface area contributed by atoms with E-state index in [1.807, 2.05) is 0 Å². The third-order valence-corrected chi connectivity index (χ3v) is 1.87. The van der Waals surface area contributed by atoms with Crippen molar-refractivity contribution in [2.75, 3.05) is 0 Å². The molecule has 0 aromatic heterocycles. The Hall–Kier alpha value is -0.330. The van der Waals surface area contributed by atoms with E-state index in [1.54, 1.807) is 0 Å². The molecule has 0 radical (unpaired) electrons. The summed E-state index contributed by atoms with van der Waals surface area (Å²) >= 11 is 0. The summed E-state index contributed by atoms with van der Waals surface area (Å²) in [5, 5.41) is 7.51. The molecule has 0 amide bonds. The second-order valence-electron chi connectivity index (χ2n) is 2.90. The number of hydrogen-bond acceptors (Lipinski definition) is 1. The van der Waals surface area contributed by atoms with Crippen molar-refractivity contribution < 1.29 is 0 Å². The van der Waals surface area contributed by atoms with E-state index in [4.69, 9.17) is 5.41 Å². The maximum Gasteiger partial charge on any atom is 0.0120 e. The number of rotatable bonds is 4. The molecule has 1 saturated carbocycles. The molecule has 0 unspecified atom stereocenters. The van der Waals surface area contributed by atoms with Crippen molar-refractivity contribution in [3.8, 4) is 0 Å². The molecule has 1 nitrogen and oxygen atoms in total. The summed E-state index contributed by atoms with van der Waals surface area (Å²) in [5.74, 6) is 0.705. The van der Waals surface area contributed by atoms with Crippen molar-refractivity contribution in [1.29, 1.82) is 5.41 Å². The van der Waals surface area contributed by atoms with Crippen LogP contribution in [0.15, 0.2) is 0 Å². The van der Waals surface area contributed by atoms with E-state index in [2.05, 4.69) is 6.92 Å². The van der Waals surface area contributed by atoms with Crippen LogP contribution < -0.4 is 0 Å². The van der Waals surface area contributed by atoms with Crippen LogP contribution in [0.4, 0.5) is 0 Å². The van der Waals surface area contributed by atoms with Crippen molar-refractivity contribution in [2.24, 2.45) is 5.92 Å². The molecule has 0 atom stereocenters. The summed E-state index contributed by atoms with van der Waals surface area (Å²) in [6.45, 7) is 2.18. The molecule has 0 spiro atoms. The third-order valence-electron chi connectivity index (χ3n) is 1.87. The van der Waals surface area contributed by atoms with Gasteiger partial charge in [-0.3, -0.25) is 0 Å². The summed E-state index contributed by atoms with van der Waals surface area (Å²) in [6, 6.07) is 0. The molecule has 1 N–H and O–H groups in total. The summed E-state index contributed by atoms with van der Waals surface area (Å²) < 4.78 is 0. The minimum Gasteiger partial charge on any atom is -0.309 e. The average Bonchev–Trinajstić information content (AvgIpc) is 2.63. The average molecular weight is 125 g/mol. The molecular formula is C8H15N. The number of unbranched alkanes of at least 4 members (excludes halogenated alkanes) is 1. The molecule has 0 bridgehead atoms. The van der Waals surface area contributed by atoms with Crippen LogP contribution in [0.3, 0.4) is 0 Å². The smallest absolute Gasteiger partial charge is 0.0120 e. The van der Waals surface area contributed by atoms with Crippen molar-refractivity contribution in [3.63, 3.8) is 0 Å². The van der Waals surface area contributed by atoms with E-state index in [9.17, 15) is 0 Å². The fraction of sp³-hybridized carbons (Fsp3) is 0.875. The minimum absolute atomic E-state index is 0.705. The number of nitrogens with one attached hydrogen (secondary N) is 1. The minimum atomic E-state index is 0.705. The van der Waals surface area contributed by atoms with E-state index in [1.165, 1.54) is 25.7 Å². The first-order valence-electron chi connectivity index (χ1n) is 3.92. The van der Waals surface area contributed by atoms with Gasteiger partial charge in [-0.25, -0.2) is 0 Å². The highest BCUT2D eigenvalue weighted by Gasteiger charge is 2.25. The Morgan fingerprint density at radius 2 is 2.22 bits per heavy atom. The second-order valence-corrected chi connectivity index (χ2v) is 2.90. The number of hydrogen-bond donors (Lipinski definition) is 1. The van der Waals surface area contributed by atoms with Gasteiger partial charge in [-0.05, 0) is 31.6 Å². The topological polar surface area (TPSA) is 23.9 Å². The van der Waals surface area contributed by atoms with Crippen LogP contribution in [-0.4, -0.2) is 5.71 Å². The lowest BCUT2D eigenvalue weighted by Gasteiger charge is -1.97. The van der Waals surface area contributed by atoms with Crippen LogP contribution >= 0.6 is 0 Å². The molecular weight excluding hydrogens is 110 g/mol. The lowest BCUT2D eigenvalue weighted by Crippen LogP contribution is -1.97. The first-order valence-corrected chi connectivity index (χ1v) is 3.92. The van der Waals surface area contributed by atoms with E-state index < -0.39 is 0 Å². The molecule has 0 aromatic carbocycles. The van der Waals surface area contributed by atoms with Crippen LogP contribution in [0.2, 0.25) is 0 Å². The Kier molecular flexibility index (Phi) is 2.26. The molecule has 0 heterocycles. The van der Waals surface area contributed by atoms with E-state index in [0.717, 1.165) is 12.1 Å². The summed E-state index contributed by atoms with van der Waals surface area (Å²) in [4.78, 5) is 0. The van der Waals surface area contributed by atoms with E-state index in [0.29, 0.717) is 5.92 Å². The largest absolute Gasteiger partial charge is 0.309 e. The molecule has 0 saturated heterocycles. The quantitative estimate of drug-likeness (QED) is 0.558. The Morgan fingerprint density at radius 3 is 2.67 bits per heavy atom. The SMILES string of the molecule is CCCCC(=N)C1CC1. The molecule has 52 valence electrons. The first kappa shape index (κ1) is 6.79. The lowest BCUT2D eigenvalue weighted by atomic mass is 10.1. The molecule has 0 aromatic rings. The van der Waals surface area contributed by atoms with Crippen molar-refractivity contribution in [3.05, 3.63) is 0 Å². The van der Waals surface area contributed by atoms with Crippen LogP contribution in [0.25, 0.3) is 0 Å². The van der Waals surface area contributed by atoms with Crippen LogP contribution in [0, 0.1) is 11.3 Å². The molecule has 0 aliphatic heterocycles. The predicted molar refractivity (Wildman–Crippen MR) is 40.0 cm³/mol. The maximum absolute atomic E-state index is 7.51. The van der Waals surface area contributed by atoms with E-state index in [-0.39, 0.29) is 0 Å². The van der Waals surface area contributed by atoms with Crippen LogP contribution in [0.5, 0.6) is 0 Å².